The number of hydrogen-bond acceptors (Lipinski definition) is 3. The molecule has 1 aromatic heterocycles. The second kappa shape index (κ2) is 4.37. The maximum atomic E-state index is 10.1. The van der Waals surface area contributed by atoms with Crippen molar-refractivity contribution in [2.24, 2.45) is 0 Å². The van der Waals surface area contributed by atoms with E-state index in [1.807, 2.05) is 12.1 Å². The summed E-state index contributed by atoms with van der Waals surface area (Å²) >= 11 is 0. The Morgan fingerprint density at radius 3 is 2.87 bits per heavy atom. The number of rotatable bonds is 4. The summed E-state index contributed by atoms with van der Waals surface area (Å²) in [7, 11) is 0. The van der Waals surface area contributed by atoms with Gasteiger partial charge in [-0.1, -0.05) is 12.8 Å². The molecule has 0 saturated heterocycles. The molecule has 15 heavy (non-hydrogen) atoms. The fourth-order valence-electron chi connectivity index (χ4n) is 2.19. The van der Waals surface area contributed by atoms with E-state index in [2.05, 4.69) is 12.2 Å². The van der Waals surface area contributed by atoms with Crippen LogP contribution in [0.25, 0.3) is 0 Å². The third kappa shape index (κ3) is 2.61. The molecule has 1 aliphatic rings. The molecule has 0 radical (unpaired) electrons. The first-order valence-electron chi connectivity index (χ1n) is 5.69. The smallest absolute Gasteiger partial charge is 0.120 e. The molecule has 3 heteroatoms. The first-order valence-corrected chi connectivity index (χ1v) is 5.69. The minimum atomic E-state index is -0.485. The summed E-state index contributed by atoms with van der Waals surface area (Å²) in [6, 6.07) is 4.01. The van der Waals surface area contributed by atoms with Crippen LogP contribution < -0.4 is 5.32 Å². The number of nitrogens with one attached hydrogen (secondary N) is 1. The van der Waals surface area contributed by atoms with Crippen LogP contribution in [-0.2, 0) is 0 Å². The Balaban J connectivity index is 1.83. The minimum Gasteiger partial charge on any atom is -0.468 e. The molecule has 2 rings (SSSR count). The number of hydrogen-bond donors (Lipinski definition) is 2. The van der Waals surface area contributed by atoms with Crippen LogP contribution >= 0.6 is 0 Å². The molecular weight excluding hydrogens is 190 g/mol. The summed E-state index contributed by atoms with van der Waals surface area (Å²) in [4.78, 5) is 0. The van der Waals surface area contributed by atoms with Crippen molar-refractivity contribution in [2.45, 2.75) is 44.2 Å². The molecule has 1 aromatic rings. The molecule has 2 N–H and O–H groups in total. The highest BCUT2D eigenvalue weighted by Crippen LogP contribution is 2.29. The quantitative estimate of drug-likeness (QED) is 0.799. The van der Waals surface area contributed by atoms with Gasteiger partial charge in [0.1, 0.15) is 5.76 Å². The van der Waals surface area contributed by atoms with E-state index >= 15 is 0 Å². The lowest BCUT2D eigenvalue weighted by Crippen LogP contribution is -2.38. The van der Waals surface area contributed by atoms with Gasteiger partial charge in [0.2, 0.25) is 0 Å². The number of furan rings is 1. The molecular formula is C12H19NO2. The van der Waals surface area contributed by atoms with E-state index in [0.717, 1.165) is 31.4 Å². The molecule has 0 amide bonds. The van der Waals surface area contributed by atoms with Crippen LogP contribution in [0.3, 0.4) is 0 Å². The van der Waals surface area contributed by atoms with Crippen molar-refractivity contribution < 1.29 is 9.52 Å². The molecule has 0 aliphatic heterocycles. The van der Waals surface area contributed by atoms with Crippen LogP contribution in [0.2, 0.25) is 0 Å². The van der Waals surface area contributed by atoms with Gasteiger partial charge in [0.25, 0.3) is 0 Å². The summed E-state index contributed by atoms with van der Waals surface area (Å²) in [5.41, 5.74) is -0.485. The van der Waals surface area contributed by atoms with Gasteiger partial charge in [-0.25, -0.2) is 0 Å². The second-order valence-electron chi connectivity index (χ2n) is 4.55. The van der Waals surface area contributed by atoms with Crippen molar-refractivity contribution in [3.63, 3.8) is 0 Å². The molecule has 1 atom stereocenters. The van der Waals surface area contributed by atoms with Crippen LogP contribution in [0.15, 0.2) is 22.8 Å². The molecule has 0 aromatic carbocycles. The van der Waals surface area contributed by atoms with Crippen LogP contribution in [0.4, 0.5) is 0 Å². The molecule has 1 fully saturated rings. The fraction of sp³-hybridized carbons (Fsp3) is 0.667. The average molecular weight is 209 g/mol. The maximum absolute atomic E-state index is 10.1. The third-order valence-corrected chi connectivity index (χ3v) is 3.24. The van der Waals surface area contributed by atoms with Crippen molar-refractivity contribution in [3.05, 3.63) is 24.2 Å². The highest BCUT2D eigenvalue weighted by atomic mass is 16.3. The SMILES string of the molecule is CC(NCC1(O)CCCC1)c1ccco1. The Morgan fingerprint density at radius 1 is 1.53 bits per heavy atom. The van der Waals surface area contributed by atoms with Crippen LogP contribution in [-0.4, -0.2) is 17.3 Å². The lowest BCUT2D eigenvalue weighted by molar-refractivity contribution is 0.0447. The molecule has 0 bridgehead atoms. The van der Waals surface area contributed by atoms with E-state index in [1.165, 1.54) is 0 Å². The second-order valence-corrected chi connectivity index (χ2v) is 4.55. The lowest BCUT2D eigenvalue weighted by Gasteiger charge is -2.24. The van der Waals surface area contributed by atoms with E-state index in [0.29, 0.717) is 6.54 Å². The summed E-state index contributed by atoms with van der Waals surface area (Å²) < 4.78 is 5.30. The Kier molecular flexibility index (Phi) is 3.12. The van der Waals surface area contributed by atoms with E-state index in [4.69, 9.17) is 4.42 Å². The predicted molar refractivity (Wildman–Crippen MR) is 58.5 cm³/mol. The topological polar surface area (TPSA) is 45.4 Å². The van der Waals surface area contributed by atoms with Gasteiger partial charge in [-0.05, 0) is 31.9 Å². The summed E-state index contributed by atoms with van der Waals surface area (Å²) in [6.45, 7) is 2.71. The van der Waals surface area contributed by atoms with Crippen LogP contribution in [0.1, 0.15) is 44.4 Å². The van der Waals surface area contributed by atoms with Gasteiger partial charge in [-0.2, -0.15) is 0 Å². The Hall–Kier alpha value is -0.800. The normalized spacial score (nSPS) is 21.7. The zero-order valence-corrected chi connectivity index (χ0v) is 9.20. The van der Waals surface area contributed by atoms with Crippen LogP contribution in [0, 0.1) is 0 Å². The number of aliphatic hydroxyl groups is 1. The zero-order valence-electron chi connectivity index (χ0n) is 9.20. The van der Waals surface area contributed by atoms with E-state index < -0.39 is 5.60 Å². The Bertz CT molecular complexity index is 289. The van der Waals surface area contributed by atoms with Crippen molar-refractivity contribution in [1.82, 2.24) is 5.32 Å². The minimum absolute atomic E-state index is 0.171. The predicted octanol–water partition coefficient (Wildman–Crippen LogP) is 2.24. The van der Waals surface area contributed by atoms with Gasteiger partial charge < -0.3 is 14.8 Å². The van der Waals surface area contributed by atoms with Crippen molar-refractivity contribution >= 4 is 0 Å². The average Bonchev–Trinajstić information content (AvgIpc) is 2.85. The lowest BCUT2D eigenvalue weighted by atomic mass is 10.0. The monoisotopic (exact) mass is 209 g/mol. The van der Waals surface area contributed by atoms with Crippen LogP contribution in [0.5, 0.6) is 0 Å². The van der Waals surface area contributed by atoms with Crippen molar-refractivity contribution in [2.75, 3.05) is 6.54 Å². The summed E-state index contributed by atoms with van der Waals surface area (Å²) in [6.07, 6.45) is 5.81. The first kappa shape index (κ1) is 10.7. The van der Waals surface area contributed by atoms with Gasteiger partial charge in [-0.3, -0.25) is 0 Å². The van der Waals surface area contributed by atoms with E-state index in [9.17, 15) is 5.11 Å². The molecule has 1 unspecified atom stereocenters. The largest absolute Gasteiger partial charge is 0.468 e. The highest BCUT2D eigenvalue weighted by Gasteiger charge is 2.31. The molecule has 1 heterocycles. The molecule has 1 saturated carbocycles. The standard InChI is InChI=1S/C12H19NO2/c1-10(11-5-4-8-15-11)13-9-12(14)6-2-3-7-12/h4-5,8,10,13-14H,2-3,6-7,9H2,1H3. The maximum Gasteiger partial charge on any atom is 0.120 e. The van der Waals surface area contributed by atoms with Gasteiger partial charge in [0, 0.05) is 6.54 Å². The zero-order chi connectivity index (χ0) is 10.7. The van der Waals surface area contributed by atoms with Gasteiger partial charge >= 0.3 is 0 Å². The van der Waals surface area contributed by atoms with Gasteiger partial charge in [0.05, 0.1) is 17.9 Å². The molecule has 3 nitrogen and oxygen atoms in total. The van der Waals surface area contributed by atoms with Gasteiger partial charge in [0.15, 0.2) is 0 Å². The first-order chi connectivity index (χ1) is 7.20. The Morgan fingerprint density at radius 2 is 2.27 bits per heavy atom. The third-order valence-electron chi connectivity index (χ3n) is 3.24. The summed E-state index contributed by atoms with van der Waals surface area (Å²) in [5, 5.41) is 13.5. The Labute approximate surface area is 90.5 Å². The van der Waals surface area contributed by atoms with E-state index in [1.54, 1.807) is 6.26 Å². The highest BCUT2D eigenvalue weighted by molar-refractivity contribution is 5.03. The molecule has 1 aliphatic carbocycles. The fourth-order valence-corrected chi connectivity index (χ4v) is 2.19. The molecule has 0 spiro atoms. The molecule has 84 valence electrons. The van der Waals surface area contributed by atoms with Crippen molar-refractivity contribution in [3.8, 4) is 0 Å². The van der Waals surface area contributed by atoms with Gasteiger partial charge in [-0.15, -0.1) is 0 Å². The van der Waals surface area contributed by atoms with Crippen molar-refractivity contribution in [1.29, 1.82) is 0 Å². The summed E-state index contributed by atoms with van der Waals surface area (Å²) in [5.74, 6) is 0.927. The van der Waals surface area contributed by atoms with E-state index in [-0.39, 0.29) is 6.04 Å².